The van der Waals surface area contributed by atoms with Gasteiger partial charge in [-0.2, -0.15) is 13.2 Å². The van der Waals surface area contributed by atoms with Crippen LogP contribution in [0.5, 0.6) is 0 Å². The molecule has 3 heterocycles. The molecule has 0 bridgehead atoms. The summed E-state index contributed by atoms with van der Waals surface area (Å²) in [7, 11) is 1.61. The summed E-state index contributed by atoms with van der Waals surface area (Å²) >= 11 is 0. The van der Waals surface area contributed by atoms with E-state index in [0.29, 0.717) is 11.4 Å². The first kappa shape index (κ1) is 16.9. The quantitative estimate of drug-likeness (QED) is 0.679. The Hall–Kier alpha value is -2.97. The lowest BCUT2D eigenvalue weighted by molar-refractivity contribution is -0.137. The molecule has 0 saturated heterocycles. The fourth-order valence-corrected chi connectivity index (χ4v) is 2.43. The van der Waals surface area contributed by atoms with Crippen molar-refractivity contribution >= 4 is 17.1 Å². The van der Waals surface area contributed by atoms with Gasteiger partial charge in [-0.05, 0) is 19.1 Å². The van der Waals surface area contributed by atoms with Gasteiger partial charge in [0.15, 0.2) is 5.65 Å². The molecule has 0 unspecified atom stereocenters. The number of alkyl halides is 3. The summed E-state index contributed by atoms with van der Waals surface area (Å²) in [4.78, 5) is 24.1. The lowest BCUT2D eigenvalue weighted by atomic mass is 10.1. The van der Waals surface area contributed by atoms with Gasteiger partial charge in [0, 0.05) is 31.2 Å². The molecule has 0 saturated carbocycles. The van der Waals surface area contributed by atoms with Gasteiger partial charge in [0.25, 0.3) is 0 Å². The van der Waals surface area contributed by atoms with E-state index in [9.17, 15) is 18.0 Å². The van der Waals surface area contributed by atoms with E-state index in [4.69, 9.17) is 4.74 Å². The molecule has 0 fully saturated rings. The normalized spacial score (nSPS) is 11.7. The summed E-state index contributed by atoms with van der Waals surface area (Å²) in [6.07, 6.45) is -0.953. The topological polar surface area (TPSA) is 69.9 Å². The highest BCUT2D eigenvalue weighted by molar-refractivity contribution is 5.96. The van der Waals surface area contributed by atoms with E-state index in [2.05, 4.69) is 15.0 Å². The van der Waals surface area contributed by atoms with E-state index in [1.54, 1.807) is 20.0 Å². The molecule has 3 aromatic rings. The van der Waals surface area contributed by atoms with Gasteiger partial charge in [-0.1, -0.05) is 0 Å². The third-order valence-corrected chi connectivity index (χ3v) is 3.59. The number of carbonyl (C=O) groups is 1. The predicted octanol–water partition coefficient (Wildman–Crippen LogP) is 3.23. The molecule has 0 atom stereocenters. The fraction of sp³-hybridized carbons (Fsp3) is 0.250. The number of rotatable bonds is 3. The number of carbonyl (C=O) groups excluding carboxylic acids is 1. The molecule has 130 valence electrons. The number of aromatic nitrogens is 4. The molecular weight excluding hydrogens is 337 g/mol. The average Bonchev–Trinajstić information content (AvgIpc) is 2.90. The van der Waals surface area contributed by atoms with Crippen LogP contribution in [0.15, 0.2) is 30.7 Å². The van der Waals surface area contributed by atoms with Crippen molar-refractivity contribution < 1.29 is 22.7 Å². The van der Waals surface area contributed by atoms with E-state index in [0.717, 1.165) is 12.3 Å². The van der Waals surface area contributed by atoms with Gasteiger partial charge in [-0.25, -0.2) is 14.8 Å². The first-order valence-corrected chi connectivity index (χ1v) is 7.34. The number of hydrogen-bond donors (Lipinski definition) is 0. The maximum atomic E-state index is 12.9. The first-order valence-electron chi connectivity index (χ1n) is 7.34. The maximum Gasteiger partial charge on any atom is 0.417 e. The summed E-state index contributed by atoms with van der Waals surface area (Å²) in [5.41, 5.74) is 0.0554. The van der Waals surface area contributed by atoms with Crippen LogP contribution in [0.25, 0.3) is 22.6 Å². The Bertz CT molecular complexity index is 950. The molecule has 0 radical (unpaired) electrons. The minimum atomic E-state index is -4.51. The highest BCUT2D eigenvalue weighted by atomic mass is 19.4. The Balaban J connectivity index is 2.17. The summed E-state index contributed by atoms with van der Waals surface area (Å²) in [5, 5.41) is 0. The van der Waals surface area contributed by atoms with Crippen LogP contribution in [0.2, 0.25) is 0 Å². The second-order valence-electron chi connectivity index (χ2n) is 5.20. The van der Waals surface area contributed by atoms with Gasteiger partial charge >= 0.3 is 12.1 Å². The summed E-state index contributed by atoms with van der Waals surface area (Å²) in [6.45, 7) is 1.86. The van der Waals surface area contributed by atoms with Crippen LogP contribution in [0, 0.1) is 0 Å². The molecule has 25 heavy (non-hydrogen) atoms. The SMILES string of the molecule is CCOC(=O)c1cnccc1-c1nc2cc(C(F)(F)F)cnc2n1C. The van der Waals surface area contributed by atoms with Crippen LogP contribution in [0.1, 0.15) is 22.8 Å². The largest absolute Gasteiger partial charge is 0.462 e. The molecule has 0 aliphatic rings. The van der Waals surface area contributed by atoms with Crippen molar-refractivity contribution in [2.75, 3.05) is 6.61 Å². The standard InChI is InChI=1S/C16H13F3N4O2/c1-3-25-15(24)11-8-20-5-4-10(11)13-22-12-6-9(16(17,18)19)7-21-14(12)23(13)2/h4-8H,3H2,1-2H3. The van der Waals surface area contributed by atoms with Crippen molar-refractivity contribution in [2.45, 2.75) is 13.1 Å². The zero-order valence-corrected chi connectivity index (χ0v) is 13.3. The number of imidazole rings is 1. The summed E-state index contributed by atoms with van der Waals surface area (Å²) in [5.74, 6) is -0.283. The fourth-order valence-electron chi connectivity index (χ4n) is 2.43. The number of fused-ring (bicyclic) bond motifs is 1. The Kier molecular flexibility index (Phi) is 4.15. The predicted molar refractivity (Wildman–Crippen MR) is 82.7 cm³/mol. The Morgan fingerprint density at radius 3 is 2.76 bits per heavy atom. The monoisotopic (exact) mass is 350 g/mol. The van der Waals surface area contributed by atoms with Crippen LogP contribution in [-0.2, 0) is 18.0 Å². The van der Waals surface area contributed by atoms with E-state index < -0.39 is 17.7 Å². The molecule has 3 rings (SSSR count). The number of halogens is 3. The van der Waals surface area contributed by atoms with Crippen LogP contribution in [0.3, 0.4) is 0 Å². The van der Waals surface area contributed by atoms with E-state index in [1.807, 2.05) is 0 Å². The number of nitrogens with zero attached hydrogens (tertiary/aromatic N) is 4. The van der Waals surface area contributed by atoms with E-state index >= 15 is 0 Å². The highest BCUT2D eigenvalue weighted by Gasteiger charge is 2.32. The molecule has 0 aromatic carbocycles. The summed E-state index contributed by atoms with van der Waals surface area (Å²) < 4.78 is 45.1. The molecule has 6 nitrogen and oxygen atoms in total. The van der Waals surface area contributed by atoms with Crippen LogP contribution in [-0.4, -0.2) is 32.1 Å². The van der Waals surface area contributed by atoms with Gasteiger partial charge in [0.05, 0.1) is 17.7 Å². The number of ether oxygens (including phenoxy) is 1. The zero-order chi connectivity index (χ0) is 18.2. The second-order valence-corrected chi connectivity index (χ2v) is 5.20. The number of esters is 1. The lowest BCUT2D eigenvalue weighted by Gasteiger charge is -2.08. The molecule has 0 aliphatic carbocycles. The number of hydrogen-bond acceptors (Lipinski definition) is 5. The Morgan fingerprint density at radius 1 is 1.32 bits per heavy atom. The average molecular weight is 350 g/mol. The zero-order valence-electron chi connectivity index (χ0n) is 13.3. The second kappa shape index (κ2) is 6.15. The third-order valence-electron chi connectivity index (χ3n) is 3.59. The number of pyridine rings is 2. The van der Waals surface area contributed by atoms with Crippen molar-refractivity contribution in [3.8, 4) is 11.4 Å². The van der Waals surface area contributed by atoms with E-state index in [-0.39, 0.29) is 23.3 Å². The van der Waals surface area contributed by atoms with Gasteiger partial charge < -0.3 is 9.30 Å². The smallest absolute Gasteiger partial charge is 0.417 e. The summed E-state index contributed by atoms with van der Waals surface area (Å²) in [6, 6.07) is 2.48. The van der Waals surface area contributed by atoms with E-state index in [1.165, 1.54) is 17.0 Å². The van der Waals surface area contributed by atoms with Crippen LogP contribution < -0.4 is 0 Å². The molecular formula is C16H13F3N4O2. The van der Waals surface area contributed by atoms with Gasteiger partial charge in [-0.3, -0.25) is 4.98 Å². The Labute approximate surface area is 140 Å². The molecule has 0 aliphatic heterocycles. The van der Waals surface area contributed by atoms with Crippen LogP contribution >= 0.6 is 0 Å². The van der Waals surface area contributed by atoms with Gasteiger partial charge in [0.2, 0.25) is 0 Å². The van der Waals surface area contributed by atoms with Crippen molar-refractivity contribution in [3.05, 3.63) is 41.9 Å². The number of aryl methyl sites for hydroxylation is 1. The highest BCUT2D eigenvalue weighted by Crippen LogP contribution is 2.32. The molecule has 3 aromatic heterocycles. The maximum absolute atomic E-state index is 12.9. The Morgan fingerprint density at radius 2 is 2.08 bits per heavy atom. The minimum absolute atomic E-state index is 0.0824. The van der Waals surface area contributed by atoms with Crippen molar-refractivity contribution in [3.63, 3.8) is 0 Å². The third kappa shape index (κ3) is 3.04. The first-order chi connectivity index (χ1) is 11.8. The van der Waals surface area contributed by atoms with Crippen LogP contribution in [0.4, 0.5) is 13.2 Å². The molecule has 0 amide bonds. The van der Waals surface area contributed by atoms with Crippen molar-refractivity contribution in [2.24, 2.45) is 7.05 Å². The van der Waals surface area contributed by atoms with Crippen molar-refractivity contribution in [1.29, 1.82) is 0 Å². The lowest BCUT2D eigenvalue weighted by Crippen LogP contribution is -2.08. The van der Waals surface area contributed by atoms with Crippen molar-refractivity contribution in [1.82, 2.24) is 19.5 Å². The van der Waals surface area contributed by atoms with Gasteiger partial charge in [-0.15, -0.1) is 0 Å². The molecule has 9 heteroatoms. The minimum Gasteiger partial charge on any atom is -0.462 e. The van der Waals surface area contributed by atoms with Gasteiger partial charge in [0.1, 0.15) is 11.3 Å². The molecule has 0 spiro atoms. The molecule has 0 N–H and O–H groups in total.